The fraction of sp³-hybridized carbons (Fsp3) is 0.680. The van der Waals surface area contributed by atoms with Gasteiger partial charge in [0, 0.05) is 24.9 Å². The number of carboxylic acids is 1. The van der Waals surface area contributed by atoms with Crippen molar-refractivity contribution in [1.82, 2.24) is 19.5 Å². The van der Waals surface area contributed by atoms with Gasteiger partial charge in [-0.05, 0) is 6.90 Å². The summed E-state index contributed by atoms with van der Waals surface area (Å²) >= 11 is 0. The van der Waals surface area contributed by atoms with E-state index in [0.29, 0.717) is 23.5 Å². The maximum Gasteiger partial charge on any atom is 0.306 e. The van der Waals surface area contributed by atoms with Crippen LogP contribution in [0.1, 0.15) is 62.0 Å². The summed E-state index contributed by atoms with van der Waals surface area (Å²) in [6.45, 7) is 9.95. The number of rotatable bonds is 12. The zero-order valence-corrected chi connectivity index (χ0v) is 25.1. The number of carboxylic acid groups (broad SMARTS) is 1. The third-order valence-corrected chi connectivity index (χ3v) is 8.59. The lowest BCUT2D eigenvalue weighted by molar-refractivity contribution is -0.159. The van der Waals surface area contributed by atoms with Crippen LogP contribution in [0.4, 0.5) is 5.82 Å². The van der Waals surface area contributed by atoms with Crippen molar-refractivity contribution in [1.29, 1.82) is 1.43 Å². The van der Waals surface area contributed by atoms with E-state index < -0.39 is 36.5 Å². The molecule has 15 heteroatoms. The van der Waals surface area contributed by atoms with Crippen molar-refractivity contribution in [3.8, 4) is 0 Å². The van der Waals surface area contributed by atoms with E-state index in [0.717, 1.165) is 0 Å². The van der Waals surface area contributed by atoms with Gasteiger partial charge >= 0.3 is 11.9 Å². The van der Waals surface area contributed by atoms with Crippen molar-refractivity contribution in [3.63, 3.8) is 0 Å². The number of esters is 1. The number of anilines is 1. The fourth-order valence-corrected chi connectivity index (χ4v) is 5.61. The first-order valence-corrected chi connectivity index (χ1v) is 14.9. The van der Waals surface area contributed by atoms with Crippen LogP contribution in [-0.2, 0) is 28.6 Å². The Morgan fingerprint density at radius 1 is 1.27 bits per heavy atom. The molecule has 0 radical (unpaired) electrons. The van der Waals surface area contributed by atoms with Gasteiger partial charge in [-0.1, -0.05) is 56.2 Å². The van der Waals surface area contributed by atoms with Gasteiger partial charge < -0.3 is 29.7 Å². The van der Waals surface area contributed by atoms with E-state index >= 15 is 0 Å². The number of hydrogen-bond donors (Lipinski definition) is 3. The Kier molecular flexibility index (Phi) is 11.8. The minimum absolute atomic E-state index is 0.0698. The molecule has 2 aromatic heterocycles. The van der Waals surface area contributed by atoms with Gasteiger partial charge in [0.1, 0.15) is 12.4 Å². The lowest BCUT2D eigenvalue weighted by Gasteiger charge is -2.25. The highest BCUT2D eigenvalue weighted by Gasteiger charge is 2.47. The zero-order valence-electron chi connectivity index (χ0n) is 25.5. The van der Waals surface area contributed by atoms with Gasteiger partial charge in [-0.3, -0.25) is 19.0 Å². The molecule has 224 valence electrons. The zero-order chi connectivity index (χ0) is 31.4. The molecule has 1 fully saturated rings. The number of imidazole rings is 1. The molecule has 3 heterocycles. The van der Waals surface area contributed by atoms with Crippen LogP contribution < -0.4 is 5.32 Å². The summed E-state index contributed by atoms with van der Waals surface area (Å²) in [5, 5.41) is 15.2. The summed E-state index contributed by atoms with van der Waals surface area (Å²) in [6, 6.07) is 0. The van der Waals surface area contributed by atoms with E-state index in [2.05, 4.69) is 46.1 Å². The second kappa shape index (κ2) is 15.5. The number of aliphatic hydroxyl groups excluding tert-OH is 1. The Labute approximate surface area is 244 Å². The molecule has 3 rings (SSSR count). The maximum atomic E-state index is 12.5. The molecule has 1 aliphatic rings. The van der Waals surface area contributed by atoms with Crippen LogP contribution in [0, 0.1) is 5.92 Å². The molecule has 1 aliphatic heterocycles. The largest absolute Gasteiger partial charge is 0.481 e. The first-order valence-electron chi connectivity index (χ1n) is 13.7. The highest BCUT2D eigenvalue weighted by molar-refractivity contribution is 8.77. The molecule has 0 bridgehead atoms. The molecule has 40 heavy (non-hydrogen) atoms. The molecule has 4 unspecified atom stereocenters. The molecular formula is C25H39N5O8S2. The van der Waals surface area contributed by atoms with Crippen LogP contribution in [0.25, 0.3) is 11.2 Å². The Hall–Kier alpha value is -2.46. The number of hydrogen-bond acceptors (Lipinski definition) is 12. The van der Waals surface area contributed by atoms with Gasteiger partial charge in [0.2, 0.25) is 7.34 Å². The van der Waals surface area contributed by atoms with Crippen LogP contribution in [0.15, 0.2) is 12.7 Å². The number of nitrogens with one attached hydrogen (secondary N) is 1. The predicted molar refractivity (Wildman–Crippen MR) is 153 cm³/mol. The summed E-state index contributed by atoms with van der Waals surface area (Å²) in [5.74, 6) is -1.43. The summed E-state index contributed by atoms with van der Waals surface area (Å²) in [7, 11) is 4.66. The topological polar surface area (TPSA) is 175 Å². The van der Waals surface area contributed by atoms with Gasteiger partial charge in [0.15, 0.2) is 29.3 Å². The van der Waals surface area contributed by atoms with Gasteiger partial charge in [-0.25, -0.2) is 15.0 Å². The molecule has 1 amide bonds. The van der Waals surface area contributed by atoms with Gasteiger partial charge in [-0.15, -0.1) is 0 Å². The normalized spacial score (nSPS) is 21.4. The lowest BCUT2D eigenvalue weighted by atomic mass is 10.1. The molecule has 1 saturated heterocycles. The number of aliphatic carboxylic acids is 1. The van der Waals surface area contributed by atoms with Crippen LogP contribution in [0.2, 0.25) is 0 Å². The average Bonchev–Trinajstić information content (AvgIpc) is 3.48. The number of fused-ring (bicyclic) bond motifs is 1. The Morgan fingerprint density at radius 2 is 2.00 bits per heavy atom. The third kappa shape index (κ3) is 9.58. The van der Waals surface area contributed by atoms with Crippen molar-refractivity contribution in [2.75, 3.05) is 24.8 Å². The molecule has 3 N–H and O–H groups in total. The molecule has 0 aliphatic carbocycles. The maximum absolute atomic E-state index is 12.5. The van der Waals surface area contributed by atoms with Crippen LogP contribution in [0.3, 0.4) is 0 Å². The number of carbonyl (C=O) groups excluding carboxylic acids is 2. The van der Waals surface area contributed by atoms with Crippen molar-refractivity contribution < 1.29 is 40.2 Å². The molecule has 13 nitrogen and oxygen atoms in total. The van der Waals surface area contributed by atoms with Crippen molar-refractivity contribution in [2.24, 2.45) is 5.92 Å². The quantitative estimate of drug-likeness (QED) is 0.183. The smallest absolute Gasteiger partial charge is 0.306 e. The highest BCUT2D eigenvalue weighted by Crippen LogP contribution is 2.38. The number of carbonyl (C=O) groups is 3. The summed E-state index contributed by atoms with van der Waals surface area (Å²) < 4.78 is 33.4. The van der Waals surface area contributed by atoms with Gasteiger partial charge in [-0.2, -0.15) is 0 Å². The minimum Gasteiger partial charge on any atom is -0.481 e. The second-order valence-corrected chi connectivity index (χ2v) is 13.2. The van der Waals surface area contributed by atoms with Crippen LogP contribution in [0.5, 0.6) is 0 Å². The first kappa shape index (κ1) is 30.5. The Bertz CT molecular complexity index is 1180. The standard InChI is InChI=1S/C24H35N5O7S2.CH4O/c1-13(2)22(33)28-20-17-21(26-11-25-20)29(12-27-17)23-19(34-9-10-37-38-24(4,5)6)18(14(3)35-23)36-16(32)8-7-15(30)31;1-2/h11-14,18-19,23H,7-10H2,1-6H3,(H,30,31)(H,25,26,28,33);2H,1H3/i3D;2T. The Balaban J connectivity index is 0.00000197. The lowest BCUT2D eigenvalue weighted by Crippen LogP contribution is -2.38. The first-order chi connectivity index (χ1) is 19.8. The van der Waals surface area contributed by atoms with Crippen molar-refractivity contribution >= 4 is 56.4 Å². The van der Waals surface area contributed by atoms with Crippen molar-refractivity contribution in [2.45, 2.75) is 83.6 Å². The third-order valence-electron chi connectivity index (χ3n) is 5.28. The number of nitrogens with zero attached hydrogens (tertiary/aromatic N) is 4. The number of aromatic nitrogens is 4. The molecule has 0 saturated carbocycles. The number of aliphatic hydroxyl groups is 1. The predicted octanol–water partition coefficient (Wildman–Crippen LogP) is 3.29. The average molecular weight is 605 g/mol. The van der Waals surface area contributed by atoms with Gasteiger partial charge in [0.05, 0.1) is 31.9 Å². The Morgan fingerprint density at radius 3 is 2.62 bits per heavy atom. The molecule has 2 aromatic rings. The van der Waals surface area contributed by atoms with E-state index in [-0.39, 0.29) is 42.1 Å². The van der Waals surface area contributed by atoms with E-state index in [9.17, 15) is 14.4 Å². The van der Waals surface area contributed by atoms with E-state index in [4.69, 9.17) is 22.1 Å². The van der Waals surface area contributed by atoms with Crippen LogP contribution >= 0.6 is 21.6 Å². The minimum atomic E-state index is -1.12. The summed E-state index contributed by atoms with van der Waals surface area (Å²) in [6.07, 6.45) is -1.37. The van der Waals surface area contributed by atoms with Crippen molar-refractivity contribution in [3.05, 3.63) is 12.7 Å². The van der Waals surface area contributed by atoms with E-state index in [1.54, 1.807) is 40.0 Å². The fourth-order valence-electron chi connectivity index (χ4n) is 3.50. The van der Waals surface area contributed by atoms with Crippen LogP contribution in [-0.4, -0.2) is 91.5 Å². The summed E-state index contributed by atoms with van der Waals surface area (Å²) in [5.41, 5.74) is 0.706. The second-order valence-electron chi connectivity index (χ2n) is 9.96. The molecule has 0 spiro atoms. The summed E-state index contributed by atoms with van der Waals surface area (Å²) in [4.78, 5) is 48.5. The molecule has 4 atom stereocenters. The number of amides is 1. The van der Waals surface area contributed by atoms with E-state index in [1.807, 2.05) is 0 Å². The SMILES string of the molecule is [2H]CC1OC(n2cnc3c(NC(=O)C(C)C)ncnc32)C(OCCSSC(C)(C)C)C1OC(=O)CCC(=O)O.[3H]OC. The van der Waals surface area contributed by atoms with E-state index in [1.165, 1.54) is 19.8 Å². The molecule has 0 aromatic carbocycles. The monoisotopic (exact) mass is 604 g/mol. The number of ether oxygens (including phenoxy) is 3. The highest BCUT2D eigenvalue weighted by atomic mass is 33.1. The van der Waals surface area contributed by atoms with Gasteiger partial charge in [0.25, 0.3) is 0 Å². The molecular weight excluding hydrogens is 562 g/mol.